The Hall–Kier alpha value is -3.80. The molecule has 2 heterocycles. The van der Waals surface area contributed by atoms with Gasteiger partial charge in [-0.2, -0.15) is 5.10 Å². The van der Waals surface area contributed by atoms with Crippen LogP contribution in [0.2, 0.25) is 0 Å². The topological polar surface area (TPSA) is 59.8 Å². The van der Waals surface area contributed by atoms with Gasteiger partial charge in [-0.3, -0.25) is 9.78 Å². The van der Waals surface area contributed by atoms with Crippen molar-refractivity contribution in [2.24, 2.45) is 0 Å². The Morgan fingerprint density at radius 1 is 1.03 bits per heavy atom. The van der Waals surface area contributed by atoms with Crippen molar-refractivity contribution in [3.8, 4) is 16.9 Å². The van der Waals surface area contributed by atoms with E-state index >= 15 is 0 Å². The molecule has 4 rings (SSSR count). The summed E-state index contributed by atoms with van der Waals surface area (Å²) in [7, 11) is 0. The van der Waals surface area contributed by atoms with Gasteiger partial charge >= 0.3 is 0 Å². The van der Waals surface area contributed by atoms with Crippen molar-refractivity contribution in [1.29, 1.82) is 0 Å². The third-order valence-corrected chi connectivity index (χ3v) is 4.72. The number of amides is 1. The minimum Gasteiger partial charge on any atom is -0.350 e. The zero-order chi connectivity index (χ0) is 20.9. The average molecular weight is 400 g/mol. The summed E-state index contributed by atoms with van der Waals surface area (Å²) in [6.07, 6.45) is 2.37. The van der Waals surface area contributed by atoms with Gasteiger partial charge in [-0.05, 0) is 67.1 Å². The number of carbonyl (C=O) groups is 1. The zero-order valence-corrected chi connectivity index (χ0v) is 16.5. The van der Waals surface area contributed by atoms with E-state index in [9.17, 15) is 9.18 Å². The molecule has 2 aromatic heterocycles. The lowest BCUT2D eigenvalue weighted by Crippen LogP contribution is -2.28. The SMILES string of the molecule is Cc1cccc(-n2nc(-c3ccc(F)cc3)cc2C(=O)NCCc2ccccn2)c1. The maximum atomic E-state index is 13.3. The molecule has 2 aromatic carbocycles. The summed E-state index contributed by atoms with van der Waals surface area (Å²) in [5, 5.41) is 7.58. The van der Waals surface area contributed by atoms with E-state index in [1.807, 2.05) is 49.4 Å². The van der Waals surface area contributed by atoms with E-state index in [0.29, 0.717) is 24.4 Å². The van der Waals surface area contributed by atoms with Gasteiger partial charge in [0.2, 0.25) is 0 Å². The second-order valence-electron chi connectivity index (χ2n) is 7.00. The quantitative estimate of drug-likeness (QED) is 0.523. The van der Waals surface area contributed by atoms with E-state index < -0.39 is 0 Å². The molecule has 0 aliphatic heterocycles. The number of nitrogens with one attached hydrogen (secondary N) is 1. The lowest BCUT2D eigenvalue weighted by atomic mass is 10.1. The smallest absolute Gasteiger partial charge is 0.270 e. The van der Waals surface area contributed by atoms with E-state index in [0.717, 1.165) is 22.5 Å². The van der Waals surface area contributed by atoms with Crippen molar-refractivity contribution in [3.63, 3.8) is 0 Å². The Bertz CT molecular complexity index is 1150. The molecule has 1 amide bonds. The summed E-state index contributed by atoms with van der Waals surface area (Å²) in [6, 6.07) is 21.3. The van der Waals surface area contributed by atoms with Gasteiger partial charge in [-0.15, -0.1) is 0 Å². The predicted molar refractivity (Wildman–Crippen MR) is 114 cm³/mol. The lowest BCUT2D eigenvalue weighted by molar-refractivity contribution is 0.0946. The zero-order valence-electron chi connectivity index (χ0n) is 16.5. The number of hydrogen-bond acceptors (Lipinski definition) is 3. The number of nitrogens with zero attached hydrogens (tertiary/aromatic N) is 3. The normalized spacial score (nSPS) is 10.7. The molecule has 0 aliphatic carbocycles. The molecule has 0 saturated carbocycles. The van der Waals surface area contributed by atoms with Crippen molar-refractivity contribution in [1.82, 2.24) is 20.1 Å². The number of aromatic nitrogens is 3. The van der Waals surface area contributed by atoms with Gasteiger partial charge in [0, 0.05) is 30.4 Å². The molecule has 6 heteroatoms. The Kier molecular flexibility index (Phi) is 5.66. The molecule has 1 N–H and O–H groups in total. The van der Waals surface area contributed by atoms with Gasteiger partial charge in [0.25, 0.3) is 5.91 Å². The maximum Gasteiger partial charge on any atom is 0.270 e. The molecular weight excluding hydrogens is 379 g/mol. The fourth-order valence-corrected chi connectivity index (χ4v) is 3.20. The largest absolute Gasteiger partial charge is 0.350 e. The highest BCUT2D eigenvalue weighted by atomic mass is 19.1. The van der Waals surface area contributed by atoms with Gasteiger partial charge in [0.15, 0.2) is 0 Å². The first-order valence-electron chi connectivity index (χ1n) is 9.71. The maximum absolute atomic E-state index is 13.3. The minimum atomic E-state index is -0.315. The molecule has 0 fully saturated rings. The van der Waals surface area contributed by atoms with Crippen molar-refractivity contribution in [2.75, 3.05) is 6.54 Å². The molecule has 0 unspecified atom stereocenters. The Labute approximate surface area is 174 Å². The van der Waals surface area contributed by atoms with Crippen LogP contribution in [0.3, 0.4) is 0 Å². The molecule has 0 atom stereocenters. The Balaban J connectivity index is 1.62. The van der Waals surface area contributed by atoms with Crippen LogP contribution in [-0.2, 0) is 6.42 Å². The van der Waals surface area contributed by atoms with Crippen LogP contribution < -0.4 is 5.32 Å². The highest BCUT2D eigenvalue weighted by molar-refractivity contribution is 5.94. The fourth-order valence-electron chi connectivity index (χ4n) is 3.20. The van der Waals surface area contributed by atoms with Crippen molar-refractivity contribution in [3.05, 3.63) is 102 Å². The van der Waals surface area contributed by atoms with Crippen LogP contribution in [0.25, 0.3) is 16.9 Å². The van der Waals surface area contributed by atoms with Crippen LogP contribution in [0.15, 0.2) is 79.0 Å². The summed E-state index contributed by atoms with van der Waals surface area (Å²) in [5.41, 5.74) is 4.53. The molecule has 0 saturated heterocycles. The number of aryl methyl sites for hydroxylation is 1. The van der Waals surface area contributed by atoms with Crippen LogP contribution in [0.4, 0.5) is 4.39 Å². The monoisotopic (exact) mass is 400 g/mol. The Morgan fingerprint density at radius 2 is 1.87 bits per heavy atom. The molecule has 4 aromatic rings. The summed E-state index contributed by atoms with van der Waals surface area (Å²) < 4.78 is 14.9. The molecule has 0 spiro atoms. The first-order chi connectivity index (χ1) is 14.6. The summed E-state index contributed by atoms with van der Waals surface area (Å²) >= 11 is 0. The van der Waals surface area contributed by atoms with Gasteiger partial charge in [0.1, 0.15) is 11.5 Å². The number of carbonyl (C=O) groups excluding carboxylic acids is 1. The third kappa shape index (κ3) is 4.43. The lowest BCUT2D eigenvalue weighted by Gasteiger charge is -2.09. The number of rotatable bonds is 6. The number of halogens is 1. The molecule has 150 valence electrons. The first kappa shape index (κ1) is 19.5. The van der Waals surface area contributed by atoms with Crippen LogP contribution in [0.1, 0.15) is 21.7 Å². The number of hydrogen-bond donors (Lipinski definition) is 1. The average Bonchev–Trinajstić information content (AvgIpc) is 3.21. The molecule has 0 bridgehead atoms. The fraction of sp³-hybridized carbons (Fsp3) is 0.125. The number of pyridine rings is 1. The van der Waals surface area contributed by atoms with E-state index in [1.165, 1.54) is 12.1 Å². The van der Waals surface area contributed by atoms with Crippen LogP contribution in [0, 0.1) is 12.7 Å². The van der Waals surface area contributed by atoms with Crippen molar-refractivity contribution < 1.29 is 9.18 Å². The van der Waals surface area contributed by atoms with Gasteiger partial charge < -0.3 is 5.32 Å². The molecule has 5 nitrogen and oxygen atoms in total. The summed E-state index contributed by atoms with van der Waals surface area (Å²) in [5.74, 6) is -0.544. The molecule has 0 aliphatic rings. The molecule has 30 heavy (non-hydrogen) atoms. The first-order valence-corrected chi connectivity index (χ1v) is 9.71. The van der Waals surface area contributed by atoms with Crippen molar-refractivity contribution in [2.45, 2.75) is 13.3 Å². The van der Waals surface area contributed by atoms with E-state index in [1.54, 1.807) is 29.1 Å². The van der Waals surface area contributed by atoms with E-state index in [4.69, 9.17) is 0 Å². The number of benzene rings is 2. The third-order valence-electron chi connectivity index (χ3n) is 4.72. The van der Waals surface area contributed by atoms with Gasteiger partial charge in [-0.25, -0.2) is 9.07 Å². The molecular formula is C24H21FN4O. The summed E-state index contributed by atoms with van der Waals surface area (Å²) in [6.45, 7) is 2.45. The van der Waals surface area contributed by atoms with Crippen LogP contribution in [-0.4, -0.2) is 27.2 Å². The molecule has 0 radical (unpaired) electrons. The highest BCUT2D eigenvalue weighted by Crippen LogP contribution is 2.22. The Morgan fingerprint density at radius 3 is 2.60 bits per heavy atom. The van der Waals surface area contributed by atoms with Gasteiger partial charge in [-0.1, -0.05) is 18.2 Å². The minimum absolute atomic E-state index is 0.228. The highest BCUT2D eigenvalue weighted by Gasteiger charge is 2.17. The van der Waals surface area contributed by atoms with Crippen LogP contribution >= 0.6 is 0 Å². The summed E-state index contributed by atoms with van der Waals surface area (Å²) in [4.78, 5) is 17.2. The second-order valence-corrected chi connectivity index (χ2v) is 7.00. The predicted octanol–water partition coefficient (Wildman–Crippen LogP) is 4.35. The second kappa shape index (κ2) is 8.69. The van der Waals surface area contributed by atoms with Crippen LogP contribution in [0.5, 0.6) is 0 Å². The van der Waals surface area contributed by atoms with Gasteiger partial charge in [0.05, 0.1) is 11.4 Å². The standard InChI is InChI=1S/C24H21FN4O/c1-17-5-4-7-21(15-17)29-23(16-22(28-29)18-8-10-19(25)11-9-18)24(30)27-14-12-20-6-2-3-13-26-20/h2-11,13,15-16H,12,14H2,1H3,(H,27,30). The van der Waals surface area contributed by atoms with E-state index in [2.05, 4.69) is 15.4 Å². The van der Waals surface area contributed by atoms with Crippen molar-refractivity contribution >= 4 is 5.91 Å². The van der Waals surface area contributed by atoms with E-state index in [-0.39, 0.29) is 11.7 Å².